The molecule has 1 unspecified atom stereocenters. The summed E-state index contributed by atoms with van der Waals surface area (Å²) < 4.78 is 3.07. The first-order valence-corrected chi connectivity index (χ1v) is 7.64. The van der Waals surface area contributed by atoms with Gasteiger partial charge in [-0.25, -0.2) is 4.98 Å². The van der Waals surface area contributed by atoms with E-state index in [0.717, 1.165) is 28.1 Å². The zero-order valence-corrected chi connectivity index (χ0v) is 12.8. The molecule has 0 radical (unpaired) electrons. The van der Waals surface area contributed by atoms with Crippen LogP contribution in [-0.2, 0) is 0 Å². The van der Waals surface area contributed by atoms with E-state index in [9.17, 15) is 0 Å². The summed E-state index contributed by atoms with van der Waals surface area (Å²) in [5.74, 6) is 0. The summed E-state index contributed by atoms with van der Waals surface area (Å²) >= 11 is 9.77. The second-order valence-corrected chi connectivity index (χ2v) is 6.11. The third kappa shape index (κ3) is 2.71. The molecule has 0 amide bonds. The number of imidazole rings is 1. The number of nitrogens with one attached hydrogen (secondary N) is 1. The van der Waals surface area contributed by atoms with Crippen LogP contribution in [-0.4, -0.2) is 16.1 Å². The number of benzene rings is 1. The summed E-state index contributed by atoms with van der Waals surface area (Å²) in [6, 6.07) is 6.30. The number of halogens is 2. The molecule has 1 aromatic heterocycles. The van der Waals surface area contributed by atoms with Crippen LogP contribution in [0.5, 0.6) is 0 Å². The van der Waals surface area contributed by atoms with Crippen LogP contribution in [0, 0.1) is 0 Å². The second-order valence-electron chi connectivity index (χ2n) is 4.79. The Bertz CT molecular complexity index is 576. The quantitative estimate of drug-likeness (QED) is 0.892. The minimum atomic E-state index is 0.371. The van der Waals surface area contributed by atoms with E-state index in [1.807, 2.05) is 30.7 Å². The van der Waals surface area contributed by atoms with Crippen molar-refractivity contribution in [3.8, 4) is 5.69 Å². The zero-order valence-electron chi connectivity index (χ0n) is 10.4. The van der Waals surface area contributed by atoms with Crippen molar-refractivity contribution in [1.82, 2.24) is 14.9 Å². The van der Waals surface area contributed by atoms with Crippen LogP contribution in [0.3, 0.4) is 0 Å². The Labute approximate surface area is 126 Å². The molecular formula is C14H15BrClN3. The Morgan fingerprint density at radius 3 is 3.00 bits per heavy atom. The average molecular weight is 341 g/mol. The number of nitrogens with zero attached hydrogens (tertiary/aromatic N) is 2. The number of hydrogen-bond acceptors (Lipinski definition) is 2. The van der Waals surface area contributed by atoms with Crippen molar-refractivity contribution in [3.63, 3.8) is 0 Å². The third-order valence-corrected chi connectivity index (χ3v) is 4.30. The molecule has 19 heavy (non-hydrogen) atoms. The number of hydrogen-bond donors (Lipinski definition) is 1. The molecule has 1 atom stereocenters. The fourth-order valence-electron chi connectivity index (χ4n) is 2.55. The van der Waals surface area contributed by atoms with Gasteiger partial charge in [0.1, 0.15) is 0 Å². The minimum absolute atomic E-state index is 0.371. The predicted octanol–water partition coefficient (Wildman–Crippen LogP) is 4.10. The molecule has 1 N–H and O–H groups in total. The van der Waals surface area contributed by atoms with Crippen LogP contribution in [0.2, 0.25) is 5.02 Å². The average Bonchev–Trinajstić information content (AvgIpc) is 2.89. The third-order valence-electron chi connectivity index (χ3n) is 3.50. The summed E-state index contributed by atoms with van der Waals surface area (Å²) in [5.41, 5.74) is 2.16. The topological polar surface area (TPSA) is 29.9 Å². The summed E-state index contributed by atoms with van der Waals surface area (Å²) in [4.78, 5) is 4.29. The normalized spacial score (nSPS) is 19.6. The highest BCUT2D eigenvalue weighted by Crippen LogP contribution is 2.29. The van der Waals surface area contributed by atoms with Crippen LogP contribution in [0.25, 0.3) is 5.69 Å². The van der Waals surface area contributed by atoms with Crippen molar-refractivity contribution in [2.75, 3.05) is 6.54 Å². The summed E-state index contributed by atoms with van der Waals surface area (Å²) in [7, 11) is 0. The van der Waals surface area contributed by atoms with Crippen molar-refractivity contribution < 1.29 is 0 Å². The summed E-state index contributed by atoms with van der Waals surface area (Å²) in [6.07, 6.45) is 7.43. The predicted molar refractivity (Wildman–Crippen MR) is 80.9 cm³/mol. The van der Waals surface area contributed by atoms with Crippen LogP contribution < -0.4 is 5.32 Å². The highest BCUT2D eigenvalue weighted by atomic mass is 79.9. The smallest absolute Gasteiger partial charge is 0.0995 e. The van der Waals surface area contributed by atoms with E-state index < -0.39 is 0 Å². The largest absolute Gasteiger partial charge is 0.309 e. The SMILES string of the molecule is Clc1cc(Br)ccc1-n1cncc1C1CCCCN1. The number of aromatic nitrogens is 2. The number of rotatable bonds is 2. The standard InChI is InChI=1S/C14H15BrClN3/c15-10-4-5-13(11(16)7-10)19-9-17-8-14(19)12-3-1-2-6-18-12/h4-5,7-9,12,18H,1-3,6H2. The molecule has 0 aliphatic carbocycles. The van der Waals surface area contributed by atoms with Gasteiger partial charge < -0.3 is 9.88 Å². The molecule has 3 rings (SSSR count). The first-order valence-electron chi connectivity index (χ1n) is 6.47. The Morgan fingerprint density at radius 1 is 1.37 bits per heavy atom. The lowest BCUT2D eigenvalue weighted by molar-refractivity contribution is 0.402. The van der Waals surface area contributed by atoms with Gasteiger partial charge >= 0.3 is 0 Å². The maximum absolute atomic E-state index is 6.33. The molecule has 100 valence electrons. The van der Waals surface area contributed by atoms with E-state index in [4.69, 9.17) is 11.6 Å². The molecule has 3 nitrogen and oxygen atoms in total. The van der Waals surface area contributed by atoms with Gasteiger partial charge in [0.2, 0.25) is 0 Å². The summed E-state index contributed by atoms with van der Waals surface area (Å²) in [6.45, 7) is 1.07. The fraction of sp³-hybridized carbons (Fsp3) is 0.357. The Balaban J connectivity index is 1.99. The molecule has 1 aliphatic heterocycles. The maximum Gasteiger partial charge on any atom is 0.0995 e. The van der Waals surface area contributed by atoms with E-state index in [-0.39, 0.29) is 0 Å². The van der Waals surface area contributed by atoms with Crippen molar-refractivity contribution in [1.29, 1.82) is 0 Å². The highest BCUT2D eigenvalue weighted by molar-refractivity contribution is 9.10. The molecular weight excluding hydrogens is 326 g/mol. The monoisotopic (exact) mass is 339 g/mol. The van der Waals surface area contributed by atoms with Gasteiger partial charge in [0.25, 0.3) is 0 Å². The molecule has 0 bridgehead atoms. The zero-order chi connectivity index (χ0) is 13.2. The van der Waals surface area contributed by atoms with Crippen LogP contribution in [0.1, 0.15) is 31.0 Å². The van der Waals surface area contributed by atoms with Crippen molar-refractivity contribution >= 4 is 27.5 Å². The Hall–Kier alpha value is -0.840. The second kappa shape index (κ2) is 5.65. The van der Waals surface area contributed by atoms with E-state index in [1.165, 1.54) is 18.5 Å². The van der Waals surface area contributed by atoms with Crippen LogP contribution >= 0.6 is 27.5 Å². The van der Waals surface area contributed by atoms with Gasteiger partial charge in [-0.1, -0.05) is 34.0 Å². The molecule has 1 aliphatic rings. The molecule has 1 aromatic carbocycles. The van der Waals surface area contributed by atoms with Gasteiger partial charge in [-0.3, -0.25) is 0 Å². The first kappa shape index (κ1) is 13.2. The molecule has 0 saturated carbocycles. The molecule has 1 saturated heterocycles. The van der Waals surface area contributed by atoms with Crippen molar-refractivity contribution in [2.45, 2.75) is 25.3 Å². The van der Waals surface area contributed by atoms with E-state index >= 15 is 0 Å². The van der Waals surface area contributed by atoms with Crippen molar-refractivity contribution in [2.24, 2.45) is 0 Å². The molecule has 2 aromatic rings. The highest BCUT2D eigenvalue weighted by Gasteiger charge is 2.19. The first-order chi connectivity index (χ1) is 9.25. The lowest BCUT2D eigenvalue weighted by atomic mass is 10.0. The van der Waals surface area contributed by atoms with E-state index in [2.05, 4.69) is 30.8 Å². The Kier molecular flexibility index (Phi) is 3.91. The van der Waals surface area contributed by atoms with Crippen LogP contribution in [0.15, 0.2) is 35.2 Å². The molecule has 0 spiro atoms. The van der Waals surface area contributed by atoms with Gasteiger partial charge in [0, 0.05) is 10.5 Å². The molecule has 2 heterocycles. The van der Waals surface area contributed by atoms with Gasteiger partial charge in [-0.2, -0.15) is 0 Å². The van der Waals surface area contributed by atoms with E-state index in [1.54, 1.807) is 0 Å². The Morgan fingerprint density at radius 2 is 2.26 bits per heavy atom. The molecule has 5 heteroatoms. The maximum atomic E-state index is 6.33. The van der Waals surface area contributed by atoms with Gasteiger partial charge in [0.05, 0.1) is 28.9 Å². The summed E-state index contributed by atoms with van der Waals surface area (Å²) in [5, 5.41) is 4.28. The number of piperidine rings is 1. The van der Waals surface area contributed by atoms with Gasteiger partial charge in [-0.15, -0.1) is 0 Å². The lowest BCUT2D eigenvalue weighted by Gasteiger charge is -2.24. The minimum Gasteiger partial charge on any atom is -0.309 e. The van der Waals surface area contributed by atoms with Gasteiger partial charge in [-0.05, 0) is 37.6 Å². The van der Waals surface area contributed by atoms with Crippen molar-refractivity contribution in [3.05, 3.63) is 45.9 Å². The van der Waals surface area contributed by atoms with Crippen LogP contribution in [0.4, 0.5) is 0 Å². The van der Waals surface area contributed by atoms with Gasteiger partial charge in [0.15, 0.2) is 0 Å². The fourth-order valence-corrected chi connectivity index (χ4v) is 3.31. The lowest BCUT2D eigenvalue weighted by Crippen LogP contribution is -2.28. The molecule has 1 fully saturated rings. The van der Waals surface area contributed by atoms with E-state index in [0.29, 0.717) is 6.04 Å².